The van der Waals surface area contributed by atoms with Crippen molar-refractivity contribution in [2.75, 3.05) is 16.8 Å². The second-order valence-electron chi connectivity index (χ2n) is 8.88. The molecule has 2 aliphatic heterocycles. The Morgan fingerprint density at radius 3 is 2.47 bits per heavy atom. The molecule has 6 heteroatoms. The van der Waals surface area contributed by atoms with Gasteiger partial charge in [-0.3, -0.25) is 5.32 Å². The van der Waals surface area contributed by atoms with Gasteiger partial charge in [-0.05, 0) is 55.9 Å². The van der Waals surface area contributed by atoms with Crippen molar-refractivity contribution in [1.82, 2.24) is 20.1 Å². The molecular weight excluding hydrogens is 414 g/mol. The van der Waals surface area contributed by atoms with E-state index in [1.165, 1.54) is 33.8 Å². The van der Waals surface area contributed by atoms with Gasteiger partial charge in [-0.15, -0.1) is 0 Å². The number of hydrogen-bond acceptors (Lipinski definition) is 5. The summed E-state index contributed by atoms with van der Waals surface area (Å²) in [5.41, 5.74) is 7.85. The van der Waals surface area contributed by atoms with Crippen molar-refractivity contribution in [1.29, 1.82) is 0 Å². The molecule has 2 N–H and O–H groups in total. The van der Waals surface area contributed by atoms with E-state index in [2.05, 4.69) is 60.9 Å². The number of pyridine rings is 1. The molecule has 2 aromatic carbocycles. The van der Waals surface area contributed by atoms with Crippen LogP contribution in [0.3, 0.4) is 0 Å². The summed E-state index contributed by atoms with van der Waals surface area (Å²) >= 11 is 2.04. The maximum atomic E-state index is 5.21. The first kappa shape index (κ1) is 19.8. The summed E-state index contributed by atoms with van der Waals surface area (Å²) in [6.45, 7) is 5.04. The molecule has 162 valence electrons. The zero-order chi connectivity index (χ0) is 21.7. The first-order chi connectivity index (χ1) is 15.6. The number of aromatic nitrogens is 3. The van der Waals surface area contributed by atoms with Gasteiger partial charge in [-0.25, -0.2) is 9.67 Å². The molecule has 32 heavy (non-hydrogen) atoms. The van der Waals surface area contributed by atoms with Gasteiger partial charge in [-0.2, -0.15) is 16.9 Å². The van der Waals surface area contributed by atoms with E-state index in [1.807, 2.05) is 34.6 Å². The number of anilines is 1. The molecule has 0 atom stereocenters. The van der Waals surface area contributed by atoms with Crippen molar-refractivity contribution in [3.8, 4) is 16.8 Å². The number of aryl methyl sites for hydroxylation is 2. The van der Waals surface area contributed by atoms with Crippen LogP contribution in [-0.2, 0) is 6.54 Å². The highest BCUT2D eigenvalue weighted by molar-refractivity contribution is 7.99. The van der Waals surface area contributed by atoms with E-state index in [-0.39, 0.29) is 5.66 Å². The second-order valence-corrected chi connectivity index (χ2v) is 10.1. The van der Waals surface area contributed by atoms with Gasteiger partial charge in [0.1, 0.15) is 5.82 Å². The van der Waals surface area contributed by atoms with E-state index in [0.29, 0.717) is 0 Å². The predicted octanol–water partition coefficient (Wildman–Crippen LogP) is 5.44. The van der Waals surface area contributed by atoms with Crippen LogP contribution in [0.4, 0.5) is 5.82 Å². The molecule has 4 aromatic rings. The standard InChI is InChI=1S/C26H27N5S/c1-17-8-10-19(11-9-17)23-21-16-27-26(12-14-32-15-13-26)29-24(21)28-25-22(23)18(2)30-31(25)20-6-4-3-5-7-20/h3-11,27H,12-16H2,1-2H3,(H,28,29). The summed E-state index contributed by atoms with van der Waals surface area (Å²) in [5.74, 6) is 3.34. The number of nitrogens with one attached hydrogen (secondary N) is 2. The molecule has 0 saturated carbocycles. The average molecular weight is 442 g/mol. The minimum atomic E-state index is -0.0594. The maximum Gasteiger partial charge on any atom is 0.166 e. The minimum absolute atomic E-state index is 0.0594. The predicted molar refractivity (Wildman–Crippen MR) is 134 cm³/mol. The number of nitrogens with zero attached hydrogens (tertiary/aromatic N) is 3. The lowest BCUT2D eigenvalue weighted by molar-refractivity contribution is 0.328. The van der Waals surface area contributed by atoms with E-state index in [4.69, 9.17) is 10.1 Å². The number of para-hydroxylation sites is 1. The molecular formula is C26H27N5S. The van der Waals surface area contributed by atoms with Gasteiger partial charge >= 0.3 is 0 Å². The third kappa shape index (κ3) is 3.21. The Labute approximate surface area is 192 Å². The summed E-state index contributed by atoms with van der Waals surface area (Å²) in [7, 11) is 0. The van der Waals surface area contributed by atoms with E-state index in [1.54, 1.807) is 0 Å². The summed E-state index contributed by atoms with van der Waals surface area (Å²) in [5, 5.41) is 13.8. The normalized spacial score (nSPS) is 17.3. The minimum Gasteiger partial charge on any atom is -0.352 e. The van der Waals surface area contributed by atoms with E-state index in [0.717, 1.165) is 47.6 Å². The van der Waals surface area contributed by atoms with Gasteiger partial charge in [0.15, 0.2) is 5.65 Å². The fourth-order valence-corrected chi connectivity index (χ4v) is 6.16. The fraction of sp³-hybridized carbons (Fsp3) is 0.308. The molecule has 1 spiro atoms. The number of benzene rings is 2. The van der Waals surface area contributed by atoms with Crippen LogP contribution in [0.15, 0.2) is 54.6 Å². The molecule has 0 unspecified atom stereocenters. The number of hydrogen-bond donors (Lipinski definition) is 2. The van der Waals surface area contributed by atoms with E-state index in [9.17, 15) is 0 Å². The molecule has 1 saturated heterocycles. The molecule has 4 heterocycles. The van der Waals surface area contributed by atoms with Crippen molar-refractivity contribution in [2.45, 2.75) is 38.9 Å². The lowest BCUT2D eigenvalue weighted by atomic mass is 9.92. The first-order valence-corrected chi connectivity index (χ1v) is 12.4. The van der Waals surface area contributed by atoms with Crippen LogP contribution in [0.2, 0.25) is 0 Å². The molecule has 2 aromatic heterocycles. The Hall–Kier alpha value is -2.83. The summed E-state index contributed by atoms with van der Waals surface area (Å²) in [6, 6.07) is 19.1. The SMILES string of the molecule is Cc1ccc(-c2c3c(nc4c2c(C)nn4-c2ccccc2)NC2(CCSCC2)NC3)cc1. The van der Waals surface area contributed by atoms with Crippen LogP contribution < -0.4 is 10.6 Å². The maximum absolute atomic E-state index is 5.21. The highest BCUT2D eigenvalue weighted by Gasteiger charge is 2.37. The third-order valence-corrected chi connectivity index (χ3v) is 7.73. The Balaban J connectivity index is 1.62. The largest absolute Gasteiger partial charge is 0.352 e. The molecule has 0 bridgehead atoms. The third-order valence-electron chi connectivity index (χ3n) is 6.74. The Bertz CT molecular complexity index is 1290. The van der Waals surface area contributed by atoms with Crippen LogP contribution in [0.25, 0.3) is 27.8 Å². The quantitative estimate of drug-likeness (QED) is 0.434. The van der Waals surface area contributed by atoms with Gasteiger partial charge in [0.05, 0.1) is 22.4 Å². The van der Waals surface area contributed by atoms with Gasteiger partial charge in [0.25, 0.3) is 0 Å². The van der Waals surface area contributed by atoms with Gasteiger partial charge in [0.2, 0.25) is 0 Å². The molecule has 0 radical (unpaired) electrons. The van der Waals surface area contributed by atoms with E-state index >= 15 is 0 Å². The molecule has 0 aliphatic carbocycles. The fourth-order valence-electron chi connectivity index (χ4n) is 4.97. The summed E-state index contributed by atoms with van der Waals surface area (Å²) in [6.07, 6.45) is 2.21. The second kappa shape index (κ2) is 7.64. The monoisotopic (exact) mass is 441 g/mol. The lowest BCUT2D eigenvalue weighted by Gasteiger charge is -2.43. The van der Waals surface area contributed by atoms with Gasteiger partial charge < -0.3 is 5.32 Å². The van der Waals surface area contributed by atoms with Crippen LogP contribution in [-0.4, -0.2) is 31.9 Å². The van der Waals surface area contributed by atoms with Gasteiger partial charge in [0, 0.05) is 17.7 Å². The van der Waals surface area contributed by atoms with Crippen LogP contribution >= 0.6 is 11.8 Å². The Kier molecular flexibility index (Phi) is 4.73. The zero-order valence-corrected chi connectivity index (χ0v) is 19.3. The van der Waals surface area contributed by atoms with Crippen LogP contribution in [0.1, 0.15) is 29.7 Å². The van der Waals surface area contributed by atoms with Crippen LogP contribution in [0, 0.1) is 13.8 Å². The molecule has 0 amide bonds. The van der Waals surface area contributed by atoms with Crippen molar-refractivity contribution in [2.24, 2.45) is 0 Å². The van der Waals surface area contributed by atoms with Crippen molar-refractivity contribution >= 4 is 28.6 Å². The smallest absolute Gasteiger partial charge is 0.166 e. The number of fused-ring (bicyclic) bond motifs is 2. The summed E-state index contributed by atoms with van der Waals surface area (Å²) < 4.78 is 2.00. The lowest BCUT2D eigenvalue weighted by Crippen LogP contribution is -2.56. The number of thioether (sulfide) groups is 1. The highest BCUT2D eigenvalue weighted by Crippen LogP contribution is 2.41. The zero-order valence-electron chi connectivity index (χ0n) is 18.5. The average Bonchev–Trinajstić information content (AvgIpc) is 3.15. The Morgan fingerprint density at radius 2 is 1.72 bits per heavy atom. The topological polar surface area (TPSA) is 54.8 Å². The van der Waals surface area contributed by atoms with E-state index < -0.39 is 0 Å². The van der Waals surface area contributed by atoms with Gasteiger partial charge in [-0.1, -0.05) is 48.0 Å². The van der Waals surface area contributed by atoms with Crippen molar-refractivity contribution in [3.63, 3.8) is 0 Å². The summed E-state index contributed by atoms with van der Waals surface area (Å²) in [4.78, 5) is 5.21. The highest BCUT2D eigenvalue weighted by atomic mass is 32.2. The molecule has 6 rings (SSSR count). The van der Waals surface area contributed by atoms with Crippen LogP contribution in [0.5, 0.6) is 0 Å². The van der Waals surface area contributed by atoms with Crippen molar-refractivity contribution in [3.05, 3.63) is 71.4 Å². The first-order valence-electron chi connectivity index (χ1n) is 11.3. The Morgan fingerprint density at radius 1 is 0.969 bits per heavy atom. The molecule has 5 nitrogen and oxygen atoms in total. The molecule has 1 fully saturated rings. The molecule has 2 aliphatic rings. The number of rotatable bonds is 2. The van der Waals surface area contributed by atoms with Crippen molar-refractivity contribution < 1.29 is 0 Å².